The molecule has 0 aliphatic carbocycles. The van der Waals surface area contributed by atoms with Gasteiger partial charge in [-0.15, -0.1) is 0 Å². The molecule has 1 radical (unpaired) electrons. The minimum atomic E-state index is -1.58. The van der Waals surface area contributed by atoms with Crippen molar-refractivity contribution in [3.05, 3.63) is 76.5 Å². The Kier molecular flexibility index (Phi) is 8.62. The fraction of sp³-hybridized carbons (Fsp3) is 0. The number of carboxylic acids is 1. The zero-order valence-electron chi connectivity index (χ0n) is 14.0. The molecule has 2 heterocycles. The van der Waals surface area contributed by atoms with Crippen molar-refractivity contribution in [2.45, 2.75) is 0 Å². The SMILES string of the molecule is O.O=C([O-])c1cc(Cl)cc(Cl)c1[O-].[Cu+2].c1cnc2c(c1)ccc1cccnc12. The maximum atomic E-state index is 11.0. The van der Waals surface area contributed by atoms with E-state index in [4.69, 9.17) is 23.2 Å². The molecule has 9 heteroatoms. The van der Waals surface area contributed by atoms with Crippen molar-refractivity contribution in [1.29, 1.82) is 0 Å². The molecule has 4 aromatic rings. The summed E-state index contributed by atoms with van der Waals surface area (Å²) in [6.45, 7) is 0. The second kappa shape index (κ2) is 10.2. The summed E-state index contributed by atoms with van der Waals surface area (Å²) in [5.41, 5.74) is 1.43. The minimum Gasteiger partial charge on any atom is -0.871 e. The predicted octanol–water partition coefficient (Wildman–Crippen LogP) is 2.39. The Balaban J connectivity index is 0.000000265. The maximum absolute atomic E-state index is 11.0. The van der Waals surface area contributed by atoms with Gasteiger partial charge < -0.3 is 20.5 Å². The van der Waals surface area contributed by atoms with Gasteiger partial charge in [0.1, 0.15) is 0 Å². The number of halogens is 2. The molecule has 0 saturated carbocycles. The Morgan fingerprint density at radius 1 is 0.893 bits per heavy atom. The van der Waals surface area contributed by atoms with E-state index in [-0.39, 0.29) is 32.6 Å². The molecule has 0 aliphatic rings. The molecule has 0 atom stereocenters. The molecule has 147 valence electrons. The van der Waals surface area contributed by atoms with Crippen LogP contribution in [-0.4, -0.2) is 21.4 Å². The summed E-state index contributed by atoms with van der Waals surface area (Å²) in [6.07, 6.45) is 3.60. The number of carbonyl (C=O) groups excluding carboxylic acids is 1. The van der Waals surface area contributed by atoms with E-state index in [2.05, 4.69) is 34.2 Å². The molecule has 0 unspecified atom stereocenters. The zero-order chi connectivity index (χ0) is 18.7. The van der Waals surface area contributed by atoms with Crippen LogP contribution in [-0.2, 0) is 17.1 Å². The van der Waals surface area contributed by atoms with Gasteiger partial charge in [-0.25, -0.2) is 0 Å². The Morgan fingerprint density at radius 2 is 1.39 bits per heavy atom. The van der Waals surface area contributed by atoms with Gasteiger partial charge in [0, 0.05) is 33.2 Å². The first-order chi connectivity index (χ1) is 12.5. The van der Waals surface area contributed by atoms with Crippen LogP contribution < -0.4 is 10.2 Å². The molecular formula is C19H12Cl2CuN2O4. The Labute approximate surface area is 180 Å². The van der Waals surface area contributed by atoms with Crippen molar-refractivity contribution in [2.24, 2.45) is 0 Å². The van der Waals surface area contributed by atoms with Crippen LogP contribution >= 0.6 is 23.2 Å². The van der Waals surface area contributed by atoms with E-state index in [1.165, 1.54) is 6.07 Å². The van der Waals surface area contributed by atoms with Gasteiger partial charge in [0.15, 0.2) is 0 Å². The number of rotatable bonds is 1. The average molecular weight is 467 g/mol. The van der Waals surface area contributed by atoms with Crippen LogP contribution in [0.25, 0.3) is 21.8 Å². The van der Waals surface area contributed by atoms with Gasteiger partial charge >= 0.3 is 17.1 Å². The number of fused-ring (bicyclic) bond motifs is 3. The standard InChI is InChI=1S/C12H8N2.C7H4Cl2O3.Cu.H2O/c1-3-9-5-6-10-4-2-8-14-12(10)11(9)13-7-1;8-3-1-4(7(11)12)6(10)5(9)2-3;;/h1-8H;1-2,10H,(H,11,12);;1H2/q;;+2;/p-2. The number of nitrogens with zero attached hydrogens (tertiary/aromatic N) is 2. The quantitative estimate of drug-likeness (QED) is 0.315. The second-order valence-corrected chi connectivity index (χ2v) is 6.11. The van der Waals surface area contributed by atoms with E-state index in [1.54, 1.807) is 12.4 Å². The van der Waals surface area contributed by atoms with E-state index in [1.807, 2.05) is 12.1 Å². The summed E-state index contributed by atoms with van der Waals surface area (Å²) < 4.78 is 0. The molecule has 2 aromatic heterocycles. The smallest absolute Gasteiger partial charge is 0.871 e. The summed E-state index contributed by atoms with van der Waals surface area (Å²) in [7, 11) is 0. The van der Waals surface area contributed by atoms with Crippen molar-refractivity contribution in [3.8, 4) is 5.75 Å². The summed E-state index contributed by atoms with van der Waals surface area (Å²) in [5, 5.41) is 23.4. The molecule has 0 spiro atoms. The van der Waals surface area contributed by atoms with Crippen molar-refractivity contribution >= 4 is 51.0 Å². The molecule has 2 N–H and O–H groups in total. The summed E-state index contributed by atoms with van der Waals surface area (Å²) in [4.78, 5) is 19.0. The van der Waals surface area contributed by atoms with Crippen LogP contribution in [0, 0.1) is 0 Å². The van der Waals surface area contributed by atoms with Crippen LogP contribution in [0.3, 0.4) is 0 Å². The van der Waals surface area contributed by atoms with E-state index >= 15 is 0 Å². The number of carbonyl (C=O) groups is 1. The molecule has 0 amide bonds. The molecule has 0 saturated heterocycles. The normalized spacial score (nSPS) is 9.64. The van der Waals surface area contributed by atoms with Crippen molar-refractivity contribution in [3.63, 3.8) is 0 Å². The molecule has 2 aromatic carbocycles. The molecule has 0 fully saturated rings. The third kappa shape index (κ3) is 5.10. The number of pyridine rings is 2. The van der Waals surface area contributed by atoms with Gasteiger partial charge in [0.05, 0.1) is 17.0 Å². The van der Waals surface area contributed by atoms with Gasteiger partial charge in [-0.3, -0.25) is 9.97 Å². The first-order valence-corrected chi connectivity index (χ1v) is 8.19. The first-order valence-electron chi connectivity index (χ1n) is 7.43. The Bertz CT molecular complexity index is 1070. The molecule has 4 rings (SSSR count). The van der Waals surface area contributed by atoms with Crippen LogP contribution in [0.5, 0.6) is 5.75 Å². The Morgan fingerprint density at radius 3 is 1.86 bits per heavy atom. The molecular weight excluding hydrogens is 455 g/mol. The van der Waals surface area contributed by atoms with Gasteiger partial charge in [-0.1, -0.05) is 53.2 Å². The largest absolute Gasteiger partial charge is 2.00 e. The first kappa shape index (κ1) is 23.6. The van der Waals surface area contributed by atoms with E-state index in [0.29, 0.717) is 0 Å². The average Bonchev–Trinajstić information content (AvgIpc) is 2.65. The summed E-state index contributed by atoms with van der Waals surface area (Å²) >= 11 is 10.8. The third-order valence-corrected chi connectivity index (χ3v) is 4.07. The minimum absolute atomic E-state index is 0. The van der Waals surface area contributed by atoms with Gasteiger partial charge in [-0.05, 0) is 29.8 Å². The number of benzene rings is 2. The van der Waals surface area contributed by atoms with E-state index in [9.17, 15) is 15.0 Å². The fourth-order valence-corrected chi connectivity index (χ4v) is 2.89. The van der Waals surface area contributed by atoms with Gasteiger partial charge in [0.25, 0.3) is 0 Å². The van der Waals surface area contributed by atoms with Gasteiger partial charge in [0.2, 0.25) is 0 Å². The van der Waals surface area contributed by atoms with E-state index < -0.39 is 17.3 Å². The molecule has 0 aliphatic heterocycles. The molecule has 28 heavy (non-hydrogen) atoms. The van der Waals surface area contributed by atoms with Crippen molar-refractivity contribution in [2.75, 3.05) is 0 Å². The summed E-state index contributed by atoms with van der Waals surface area (Å²) in [5.74, 6) is -2.36. The maximum Gasteiger partial charge on any atom is 2.00 e. The number of carboxylic acid groups (broad SMARTS) is 1. The molecule has 6 nitrogen and oxygen atoms in total. The summed E-state index contributed by atoms with van der Waals surface area (Å²) in [6, 6.07) is 14.3. The number of hydrogen-bond acceptors (Lipinski definition) is 5. The van der Waals surface area contributed by atoms with Crippen LogP contribution in [0.4, 0.5) is 0 Å². The number of aromatic carboxylic acids is 1. The van der Waals surface area contributed by atoms with Gasteiger partial charge in [-0.2, -0.15) is 0 Å². The zero-order valence-corrected chi connectivity index (χ0v) is 16.4. The predicted molar refractivity (Wildman–Crippen MR) is 101 cm³/mol. The second-order valence-electron chi connectivity index (χ2n) is 5.27. The number of aromatic nitrogens is 2. The van der Waals surface area contributed by atoms with Crippen LogP contribution in [0.15, 0.2) is 60.9 Å². The number of hydrogen-bond donors (Lipinski definition) is 0. The topological polar surface area (TPSA) is 120 Å². The van der Waals surface area contributed by atoms with Crippen molar-refractivity contribution in [1.82, 2.24) is 9.97 Å². The third-order valence-electron chi connectivity index (χ3n) is 3.57. The monoisotopic (exact) mass is 465 g/mol. The fourth-order valence-electron chi connectivity index (χ4n) is 2.39. The Hall–Kier alpha value is -2.41. The van der Waals surface area contributed by atoms with Crippen LogP contribution in [0.1, 0.15) is 10.4 Å². The van der Waals surface area contributed by atoms with Crippen molar-refractivity contribution < 1.29 is 37.6 Å². The van der Waals surface area contributed by atoms with Crippen LogP contribution in [0.2, 0.25) is 10.0 Å². The van der Waals surface area contributed by atoms with E-state index in [0.717, 1.165) is 27.9 Å². The molecule has 0 bridgehead atoms.